The number of carboxylic acids is 1. The van der Waals surface area contributed by atoms with E-state index in [2.05, 4.69) is 54.5 Å². The molecule has 33 heavy (non-hydrogen) atoms. The van der Waals surface area contributed by atoms with Gasteiger partial charge in [-0.25, -0.2) is 0 Å². The van der Waals surface area contributed by atoms with Crippen molar-refractivity contribution in [2.24, 2.45) is 50.2 Å². The molecule has 0 bridgehead atoms. The highest BCUT2D eigenvalue weighted by Gasteiger charge is 2.69. The van der Waals surface area contributed by atoms with Gasteiger partial charge in [0.25, 0.3) is 0 Å². The second-order valence-electron chi connectivity index (χ2n) is 14.8. The minimum Gasteiger partial charge on any atom is -0.481 e. The van der Waals surface area contributed by atoms with Gasteiger partial charge in [0.2, 0.25) is 0 Å². The summed E-state index contributed by atoms with van der Waals surface area (Å²) in [4.78, 5) is 25.6. The van der Waals surface area contributed by atoms with E-state index < -0.39 is 11.4 Å². The van der Waals surface area contributed by atoms with Crippen molar-refractivity contribution in [1.29, 1.82) is 0 Å². The van der Waals surface area contributed by atoms with E-state index in [1.54, 1.807) is 0 Å². The van der Waals surface area contributed by atoms with Crippen molar-refractivity contribution >= 4 is 11.8 Å². The lowest BCUT2D eigenvalue weighted by molar-refractivity contribution is -0.189. The molecule has 3 heteroatoms. The van der Waals surface area contributed by atoms with Crippen LogP contribution in [0.2, 0.25) is 0 Å². The zero-order valence-electron chi connectivity index (χ0n) is 22.1. The maximum Gasteiger partial charge on any atom is 0.310 e. The van der Waals surface area contributed by atoms with Crippen molar-refractivity contribution in [2.45, 2.75) is 113 Å². The van der Waals surface area contributed by atoms with Crippen molar-refractivity contribution in [3.63, 3.8) is 0 Å². The lowest BCUT2D eigenvalue weighted by Gasteiger charge is -2.70. The SMILES string of the molecule is CC1(C)CCC2(C(=O)O)CC[C@@]3(C)C(=CCC4[C@@]5(C)CCC(=O)C(C)(C)C5CC[C@]43C)[C@@H]2C1. The van der Waals surface area contributed by atoms with E-state index in [9.17, 15) is 14.7 Å². The van der Waals surface area contributed by atoms with Crippen molar-refractivity contribution in [3.05, 3.63) is 11.6 Å². The van der Waals surface area contributed by atoms with Crippen LogP contribution in [-0.4, -0.2) is 16.9 Å². The van der Waals surface area contributed by atoms with E-state index in [0.717, 1.165) is 57.8 Å². The number of Topliss-reactive ketones (excluding diaryl/α,β-unsaturated/α-hetero) is 1. The van der Waals surface area contributed by atoms with Crippen LogP contribution in [0.4, 0.5) is 0 Å². The molecule has 0 aromatic rings. The topological polar surface area (TPSA) is 54.4 Å². The van der Waals surface area contributed by atoms with Gasteiger partial charge in [0.05, 0.1) is 5.41 Å². The number of carbonyl (C=O) groups is 2. The molecule has 184 valence electrons. The van der Waals surface area contributed by atoms with E-state index in [-0.39, 0.29) is 33.0 Å². The Morgan fingerprint density at radius 1 is 0.909 bits per heavy atom. The highest BCUT2D eigenvalue weighted by atomic mass is 16.4. The predicted octanol–water partition coefficient (Wildman–Crippen LogP) is 7.44. The minimum atomic E-state index is -0.565. The number of carboxylic acid groups (broad SMARTS) is 1. The first-order chi connectivity index (χ1) is 15.1. The van der Waals surface area contributed by atoms with Gasteiger partial charge in [0.1, 0.15) is 5.78 Å². The molecule has 5 rings (SSSR count). The Balaban J connectivity index is 1.60. The Kier molecular flexibility index (Phi) is 4.83. The summed E-state index contributed by atoms with van der Waals surface area (Å²) in [5.74, 6) is 1.10. The van der Waals surface area contributed by atoms with Gasteiger partial charge in [0, 0.05) is 11.8 Å². The van der Waals surface area contributed by atoms with Crippen LogP contribution in [0.3, 0.4) is 0 Å². The molecular formula is C30H46O3. The molecule has 1 N–H and O–H groups in total. The van der Waals surface area contributed by atoms with Crippen LogP contribution in [0.1, 0.15) is 113 Å². The molecule has 0 aromatic carbocycles. The molecule has 0 radical (unpaired) electrons. The van der Waals surface area contributed by atoms with E-state index in [4.69, 9.17) is 0 Å². The third kappa shape index (κ3) is 2.80. The fraction of sp³-hybridized carbons (Fsp3) is 0.867. The molecular weight excluding hydrogens is 408 g/mol. The summed E-state index contributed by atoms with van der Waals surface area (Å²) in [6.07, 6.45) is 12.3. The molecule has 7 atom stereocenters. The zero-order valence-corrected chi connectivity index (χ0v) is 22.1. The van der Waals surface area contributed by atoms with Gasteiger partial charge >= 0.3 is 5.97 Å². The summed E-state index contributed by atoms with van der Waals surface area (Å²) in [6, 6.07) is 0. The summed E-state index contributed by atoms with van der Waals surface area (Å²) in [5.41, 5.74) is 1.33. The first kappa shape index (κ1) is 23.6. The fourth-order valence-electron chi connectivity index (χ4n) is 10.4. The molecule has 0 aliphatic heterocycles. The molecule has 0 spiro atoms. The molecule has 3 unspecified atom stereocenters. The Hall–Kier alpha value is -1.12. The number of hydrogen-bond acceptors (Lipinski definition) is 2. The van der Waals surface area contributed by atoms with Crippen molar-refractivity contribution in [3.8, 4) is 0 Å². The van der Waals surface area contributed by atoms with Crippen molar-refractivity contribution in [2.75, 3.05) is 0 Å². The molecule has 0 saturated heterocycles. The Morgan fingerprint density at radius 3 is 2.24 bits per heavy atom. The lowest BCUT2D eigenvalue weighted by atomic mass is 9.33. The monoisotopic (exact) mass is 454 g/mol. The zero-order chi connectivity index (χ0) is 24.2. The van der Waals surface area contributed by atoms with Crippen LogP contribution in [0.15, 0.2) is 11.6 Å². The molecule has 5 aliphatic carbocycles. The Bertz CT molecular complexity index is 927. The quantitative estimate of drug-likeness (QED) is 0.419. The molecule has 4 saturated carbocycles. The maximum atomic E-state index is 12.9. The fourth-order valence-corrected chi connectivity index (χ4v) is 10.4. The number of allylic oxidation sites excluding steroid dienone is 2. The first-order valence-corrected chi connectivity index (χ1v) is 13.6. The Morgan fingerprint density at radius 2 is 1.58 bits per heavy atom. The summed E-state index contributed by atoms with van der Waals surface area (Å²) in [6.45, 7) is 16.6. The number of ketones is 1. The van der Waals surface area contributed by atoms with E-state index in [0.29, 0.717) is 17.6 Å². The molecule has 4 fully saturated rings. The average Bonchev–Trinajstić information content (AvgIpc) is 2.71. The third-order valence-electron chi connectivity index (χ3n) is 12.8. The van der Waals surface area contributed by atoms with Gasteiger partial charge in [-0.2, -0.15) is 0 Å². The second kappa shape index (κ2) is 6.76. The number of carbonyl (C=O) groups excluding carboxylic acids is 1. The van der Waals surface area contributed by atoms with Crippen LogP contribution < -0.4 is 0 Å². The summed E-state index contributed by atoms with van der Waals surface area (Å²) in [7, 11) is 0. The average molecular weight is 455 g/mol. The standard InChI is InChI=1S/C30H46O3/c1-25(2)14-16-30(24(32)33)17-15-28(6)19(20(30)18-25)8-9-22-27(5)12-11-23(31)26(3,4)21(27)10-13-29(22,28)7/h8,20-22H,9-18H2,1-7H3,(H,32,33)/t20-,21?,22?,27-,28-,29+,30?/m0/s1. The van der Waals surface area contributed by atoms with Crippen LogP contribution in [0.25, 0.3) is 0 Å². The normalized spacial score (nSPS) is 50.2. The van der Waals surface area contributed by atoms with Crippen LogP contribution in [-0.2, 0) is 9.59 Å². The molecule has 0 aromatic heterocycles. The van der Waals surface area contributed by atoms with Gasteiger partial charge in [-0.3, -0.25) is 9.59 Å². The van der Waals surface area contributed by atoms with E-state index >= 15 is 0 Å². The molecule has 3 nitrogen and oxygen atoms in total. The molecule has 5 aliphatic rings. The van der Waals surface area contributed by atoms with Crippen molar-refractivity contribution in [1.82, 2.24) is 0 Å². The van der Waals surface area contributed by atoms with Gasteiger partial charge in [-0.15, -0.1) is 0 Å². The Labute approximate surface area is 201 Å². The maximum absolute atomic E-state index is 12.9. The largest absolute Gasteiger partial charge is 0.481 e. The van der Waals surface area contributed by atoms with Crippen LogP contribution in [0.5, 0.6) is 0 Å². The van der Waals surface area contributed by atoms with Crippen LogP contribution in [0, 0.1) is 50.2 Å². The van der Waals surface area contributed by atoms with Gasteiger partial charge in [0.15, 0.2) is 0 Å². The van der Waals surface area contributed by atoms with Gasteiger partial charge in [-0.05, 0) is 97.2 Å². The number of rotatable bonds is 1. The van der Waals surface area contributed by atoms with Crippen LogP contribution >= 0.6 is 0 Å². The summed E-state index contributed by atoms with van der Waals surface area (Å²) in [5, 5.41) is 10.5. The molecule has 0 amide bonds. The smallest absolute Gasteiger partial charge is 0.310 e. The highest BCUT2D eigenvalue weighted by molar-refractivity contribution is 5.85. The first-order valence-electron chi connectivity index (χ1n) is 13.6. The second-order valence-corrected chi connectivity index (χ2v) is 14.8. The third-order valence-corrected chi connectivity index (χ3v) is 12.8. The van der Waals surface area contributed by atoms with E-state index in [1.807, 2.05) is 0 Å². The van der Waals surface area contributed by atoms with Gasteiger partial charge < -0.3 is 5.11 Å². The predicted molar refractivity (Wildman–Crippen MR) is 132 cm³/mol. The molecule has 0 heterocycles. The summed E-state index contributed by atoms with van der Waals surface area (Å²) < 4.78 is 0. The lowest BCUT2D eigenvalue weighted by Crippen LogP contribution is -2.64. The number of hydrogen-bond donors (Lipinski definition) is 1. The minimum absolute atomic E-state index is 0.0620. The highest BCUT2D eigenvalue weighted by Crippen LogP contribution is 2.75. The van der Waals surface area contributed by atoms with Gasteiger partial charge in [-0.1, -0.05) is 60.1 Å². The van der Waals surface area contributed by atoms with Crippen molar-refractivity contribution < 1.29 is 14.7 Å². The van der Waals surface area contributed by atoms with E-state index in [1.165, 1.54) is 12.0 Å². The number of fused-ring (bicyclic) bond motifs is 7. The summed E-state index contributed by atoms with van der Waals surface area (Å²) >= 11 is 0. The number of aliphatic carboxylic acids is 1.